The van der Waals surface area contributed by atoms with E-state index in [0.717, 1.165) is 154 Å². The molecule has 0 heteroatoms. The first-order chi connectivity index (χ1) is 69.8. The van der Waals surface area contributed by atoms with E-state index in [-0.39, 0.29) is 0 Å². The predicted octanol–water partition coefficient (Wildman–Crippen LogP) is 45.5. The van der Waals surface area contributed by atoms with Gasteiger partial charge in [-0.15, -0.1) is 0 Å². The first-order valence-electron chi connectivity index (χ1n) is 66.7. The topological polar surface area (TPSA) is 0 Å². The van der Waals surface area contributed by atoms with E-state index in [1.54, 1.807) is 33.4 Å². The Kier molecular flexibility index (Phi) is 31.9. The van der Waals surface area contributed by atoms with Gasteiger partial charge in [0.25, 0.3) is 0 Å². The maximum absolute atomic E-state index is 2.76. The van der Waals surface area contributed by atoms with Crippen LogP contribution in [-0.4, -0.2) is 0 Å². The number of rotatable bonds is 6. The van der Waals surface area contributed by atoms with Gasteiger partial charge in [-0.2, -0.15) is 0 Å². The molecule has 38 unspecified atom stereocenters. The highest BCUT2D eigenvalue weighted by Crippen LogP contribution is 2.76. The Morgan fingerprint density at radius 3 is 0.707 bits per heavy atom. The standard InChI is InChI=1S/2C25H42.4C25H40/c6*1-17-7-10-21-20-9-8-19-15-18(16-23(2,3)4)11-13-25(19,6)22(20)12-14-24(17,21)5/h2*7,18-22H,8-16H2,1-6H3;2*7,15,18,20-22H,8-14,16H2,1-6H3;2*7-8,18,20-22H,9-16H2,1-6H3. The lowest BCUT2D eigenvalue weighted by Crippen LogP contribution is -2.53. The van der Waals surface area contributed by atoms with Crippen LogP contribution in [0, 0.1) is 251 Å². The summed E-state index contributed by atoms with van der Waals surface area (Å²) in [6.45, 7) is 89.7. The average molecular weight is 2050 g/mol. The molecule has 0 heterocycles. The van der Waals surface area contributed by atoms with Crippen LogP contribution >= 0.6 is 0 Å². The van der Waals surface area contributed by atoms with E-state index < -0.39 is 0 Å². The molecule has 14 saturated carbocycles. The monoisotopic (exact) mass is 2050 g/mol. The quantitative estimate of drug-likeness (QED) is 0.233. The van der Waals surface area contributed by atoms with Crippen LogP contribution in [0.1, 0.15) is 570 Å². The molecule has 0 saturated heterocycles. The van der Waals surface area contributed by atoms with E-state index >= 15 is 0 Å². The van der Waals surface area contributed by atoms with Crippen LogP contribution in [0.15, 0.2) is 116 Å². The fourth-order valence-electron chi connectivity index (χ4n) is 46.5. The van der Waals surface area contributed by atoms with Gasteiger partial charge in [0, 0.05) is 0 Å². The zero-order valence-electron chi connectivity index (χ0n) is 106. The van der Waals surface area contributed by atoms with Gasteiger partial charge in [-0.05, 0) is 614 Å². The minimum Gasteiger partial charge on any atom is -0.0847 e. The molecule has 14 fully saturated rings. The lowest BCUT2D eigenvalue weighted by atomic mass is 9.44. The summed E-state index contributed by atoms with van der Waals surface area (Å²) in [7, 11) is 0. The van der Waals surface area contributed by atoms with E-state index in [0.29, 0.717) is 97.5 Å². The summed E-state index contributed by atoms with van der Waals surface area (Å²) in [4.78, 5) is 0. The third-order valence-corrected chi connectivity index (χ3v) is 55.5. The number of hydrogen-bond acceptors (Lipinski definition) is 0. The lowest BCUT2D eigenvalue weighted by Gasteiger charge is -2.61. The normalized spacial score (nSPS) is 47.7. The Morgan fingerprint density at radius 1 is 0.200 bits per heavy atom. The summed E-state index contributed by atoms with van der Waals surface area (Å²) in [6, 6.07) is 0. The van der Waals surface area contributed by atoms with Gasteiger partial charge in [0.05, 0.1) is 0 Å². The molecule has 0 bridgehead atoms. The first-order valence-corrected chi connectivity index (χ1v) is 66.7. The third kappa shape index (κ3) is 21.5. The summed E-state index contributed by atoms with van der Waals surface area (Å²) in [5.41, 5.74) is 27.2. The molecule has 150 heavy (non-hydrogen) atoms. The minimum absolute atomic E-state index is 0.465. The summed E-state index contributed by atoms with van der Waals surface area (Å²) in [5.74, 6) is 25.0. The van der Waals surface area contributed by atoms with Crippen LogP contribution in [0.5, 0.6) is 0 Å². The fraction of sp³-hybridized carbons (Fsp3) is 0.867. The Balaban J connectivity index is 0.000000113. The van der Waals surface area contributed by atoms with Crippen LogP contribution < -0.4 is 0 Å². The second-order valence-electron chi connectivity index (χ2n) is 71.0. The van der Waals surface area contributed by atoms with Crippen molar-refractivity contribution >= 4 is 0 Å². The number of fused-ring (bicyclic) bond motifs is 30. The maximum atomic E-state index is 2.76. The van der Waals surface area contributed by atoms with Crippen molar-refractivity contribution in [2.45, 2.75) is 570 Å². The zero-order valence-corrected chi connectivity index (χ0v) is 106. The fourth-order valence-corrected chi connectivity index (χ4v) is 46.5. The largest absolute Gasteiger partial charge is 0.0847 e. The molecule has 0 N–H and O–H groups in total. The van der Waals surface area contributed by atoms with Crippen molar-refractivity contribution < 1.29 is 0 Å². The second-order valence-corrected chi connectivity index (χ2v) is 71.0. The molecular weight excluding hydrogens is 1800 g/mol. The molecule has 0 aromatic rings. The molecule has 0 aromatic carbocycles. The molecule has 0 nitrogen and oxygen atoms in total. The highest BCUT2D eigenvalue weighted by molar-refractivity contribution is 5.36. The molecule has 38 atom stereocenters. The average Bonchev–Trinajstić information content (AvgIpc) is 1.44. The smallest absolute Gasteiger partial charge is 0.00850 e. The van der Waals surface area contributed by atoms with Gasteiger partial charge in [0.15, 0.2) is 0 Å². The molecule has 0 aromatic heterocycles. The van der Waals surface area contributed by atoms with E-state index in [1.165, 1.54) is 321 Å². The van der Waals surface area contributed by atoms with Crippen LogP contribution in [0.25, 0.3) is 0 Å². The Bertz CT molecular complexity index is 4810. The molecular formula is C150H244. The third-order valence-electron chi connectivity index (χ3n) is 55.5. The maximum Gasteiger partial charge on any atom is -0.00850 e. The summed E-state index contributed by atoms with van der Waals surface area (Å²) >= 11 is 0. The van der Waals surface area contributed by atoms with E-state index in [9.17, 15) is 0 Å². The molecule has 0 radical (unpaired) electrons. The highest BCUT2D eigenvalue weighted by Gasteiger charge is 2.66. The van der Waals surface area contributed by atoms with Gasteiger partial charge in [0.2, 0.25) is 0 Å². The molecule has 24 aliphatic carbocycles. The van der Waals surface area contributed by atoms with E-state index in [4.69, 9.17) is 0 Å². The molecule has 24 rings (SSSR count). The molecule has 0 amide bonds. The van der Waals surface area contributed by atoms with E-state index in [1.807, 2.05) is 22.3 Å². The minimum atomic E-state index is 0.465. The van der Waals surface area contributed by atoms with Gasteiger partial charge in [-0.25, -0.2) is 0 Å². The molecule has 844 valence electrons. The SMILES string of the molecule is CC1=CCC2C3CC=C4CC(CC(C)(C)C)CCC4(C)C3CCC12C.CC1=CCC2C3CC=C4CC(CC(C)(C)C)CCC4(C)C3CCC12C.CC1=CCC2C3CCC4=CC(CC(C)(C)C)CCC4(C)C3CCC12C.CC1=CCC2C3CCC4=CC(CC(C)(C)C)CCC4(C)C3CCC12C.CC1=CCC2C3CCC4CC(CC(C)(C)C)CCC4(C)C3CCC12C.CC1=CCC2C3CCC4CC(CC(C)(C)C)CCC4(C)C3CCC12C. The van der Waals surface area contributed by atoms with E-state index in [2.05, 4.69) is 310 Å². The Hall–Kier alpha value is -2.60. The van der Waals surface area contributed by atoms with Gasteiger partial charge < -0.3 is 0 Å². The van der Waals surface area contributed by atoms with Crippen LogP contribution in [0.4, 0.5) is 0 Å². The van der Waals surface area contributed by atoms with Gasteiger partial charge in [0.1, 0.15) is 0 Å². The Labute approximate surface area is 931 Å². The van der Waals surface area contributed by atoms with Crippen molar-refractivity contribution in [2.75, 3.05) is 0 Å². The van der Waals surface area contributed by atoms with Crippen LogP contribution in [0.2, 0.25) is 0 Å². The van der Waals surface area contributed by atoms with Crippen molar-refractivity contribution in [3.8, 4) is 0 Å². The highest BCUT2D eigenvalue weighted by atomic mass is 14.7. The lowest BCUT2D eigenvalue weighted by molar-refractivity contribution is -0.109. The second kappa shape index (κ2) is 41.4. The van der Waals surface area contributed by atoms with Crippen LogP contribution in [-0.2, 0) is 0 Å². The van der Waals surface area contributed by atoms with Crippen molar-refractivity contribution in [2.24, 2.45) is 251 Å². The predicted molar refractivity (Wildman–Crippen MR) is 650 cm³/mol. The summed E-state index contributed by atoms with van der Waals surface area (Å²) in [6.07, 6.45) is 98.9. The molecule has 0 spiro atoms. The van der Waals surface area contributed by atoms with Crippen molar-refractivity contribution in [1.82, 2.24) is 0 Å². The van der Waals surface area contributed by atoms with Gasteiger partial charge in [-0.1, -0.05) is 324 Å². The zero-order chi connectivity index (χ0) is 108. The van der Waals surface area contributed by atoms with Gasteiger partial charge in [-0.3, -0.25) is 0 Å². The van der Waals surface area contributed by atoms with Crippen molar-refractivity contribution in [1.29, 1.82) is 0 Å². The summed E-state index contributed by atoms with van der Waals surface area (Å²) in [5, 5.41) is 0. The summed E-state index contributed by atoms with van der Waals surface area (Å²) < 4.78 is 0. The van der Waals surface area contributed by atoms with Crippen molar-refractivity contribution in [3.05, 3.63) is 116 Å². The number of allylic oxidation sites excluding steroid dienone is 20. The Morgan fingerprint density at radius 2 is 0.427 bits per heavy atom. The van der Waals surface area contributed by atoms with Crippen LogP contribution in [0.3, 0.4) is 0 Å². The molecule has 24 aliphatic rings. The van der Waals surface area contributed by atoms with Crippen molar-refractivity contribution in [3.63, 3.8) is 0 Å². The number of hydrogen-bond donors (Lipinski definition) is 0. The van der Waals surface area contributed by atoms with Gasteiger partial charge >= 0.3 is 0 Å². The molecule has 0 aliphatic heterocycles. The first kappa shape index (κ1) is 115.